The number of ether oxygens (including phenoxy) is 1. The minimum absolute atomic E-state index is 0.0277. The zero-order chi connectivity index (χ0) is 11.3. The van der Waals surface area contributed by atoms with Crippen molar-refractivity contribution in [3.8, 4) is 0 Å². The van der Waals surface area contributed by atoms with Gasteiger partial charge in [-0.25, -0.2) is 0 Å². The number of hydrogen-bond acceptors (Lipinski definition) is 2. The monoisotopic (exact) mass is 212 g/mol. The molecule has 0 unspecified atom stereocenters. The van der Waals surface area contributed by atoms with Gasteiger partial charge in [-0.2, -0.15) is 0 Å². The number of rotatable bonds is 4. The highest BCUT2D eigenvalue weighted by molar-refractivity contribution is 5.72. The topological polar surface area (TPSA) is 26.3 Å². The van der Waals surface area contributed by atoms with Crippen molar-refractivity contribution in [3.63, 3.8) is 0 Å². The number of carbonyl (C=O) groups excluding carboxylic acids is 1. The Labute approximate surface area is 93.4 Å². The van der Waals surface area contributed by atoms with Gasteiger partial charge in [0.25, 0.3) is 0 Å². The van der Waals surface area contributed by atoms with Gasteiger partial charge in [-0.05, 0) is 45.4 Å². The van der Waals surface area contributed by atoms with Crippen LogP contribution in [0.25, 0.3) is 0 Å². The highest BCUT2D eigenvalue weighted by Gasteiger charge is 2.27. The van der Waals surface area contributed by atoms with Gasteiger partial charge in [-0.3, -0.25) is 4.79 Å². The van der Waals surface area contributed by atoms with Gasteiger partial charge in [0.1, 0.15) is 0 Å². The standard InChI is InChI=1S/C13H24O2/c1-4-5-11-6-8-12(9-7-11)13(14)15-10(2)3/h10-12H,4-9H2,1-3H3. The fourth-order valence-corrected chi connectivity index (χ4v) is 2.42. The molecule has 1 rings (SSSR count). The summed E-state index contributed by atoms with van der Waals surface area (Å²) in [6.07, 6.45) is 7.13. The quantitative estimate of drug-likeness (QED) is 0.666. The summed E-state index contributed by atoms with van der Waals surface area (Å²) in [6.45, 7) is 6.07. The molecule has 0 N–H and O–H groups in total. The Morgan fingerprint density at radius 2 is 1.87 bits per heavy atom. The maximum Gasteiger partial charge on any atom is 0.309 e. The van der Waals surface area contributed by atoms with E-state index in [2.05, 4.69) is 6.92 Å². The van der Waals surface area contributed by atoms with Gasteiger partial charge >= 0.3 is 5.97 Å². The van der Waals surface area contributed by atoms with Gasteiger partial charge in [-0.15, -0.1) is 0 Å². The molecule has 88 valence electrons. The summed E-state index contributed by atoms with van der Waals surface area (Å²) in [5.74, 6) is 1.07. The highest BCUT2D eigenvalue weighted by atomic mass is 16.5. The van der Waals surface area contributed by atoms with Gasteiger partial charge in [0.05, 0.1) is 12.0 Å². The molecular weight excluding hydrogens is 188 g/mol. The Morgan fingerprint density at radius 3 is 2.33 bits per heavy atom. The molecule has 0 spiro atoms. The first-order chi connectivity index (χ1) is 7.13. The van der Waals surface area contributed by atoms with Crippen LogP contribution in [0.15, 0.2) is 0 Å². The number of carbonyl (C=O) groups is 1. The van der Waals surface area contributed by atoms with E-state index in [1.807, 2.05) is 13.8 Å². The normalized spacial score (nSPS) is 26.7. The van der Waals surface area contributed by atoms with E-state index in [4.69, 9.17) is 4.74 Å². The van der Waals surface area contributed by atoms with Gasteiger partial charge in [0, 0.05) is 0 Å². The molecule has 0 saturated heterocycles. The van der Waals surface area contributed by atoms with Crippen LogP contribution in [0.1, 0.15) is 59.3 Å². The Hall–Kier alpha value is -0.530. The molecule has 0 heterocycles. The smallest absolute Gasteiger partial charge is 0.309 e. The van der Waals surface area contributed by atoms with Crippen molar-refractivity contribution in [2.45, 2.75) is 65.4 Å². The SMILES string of the molecule is CCCC1CCC(C(=O)OC(C)C)CC1. The molecular formula is C13H24O2. The lowest BCUT2D eigenvalue weighted by molar-refractivity contribution is -0.153. The average molecular weight is 212 g/mol. The second-order valence-electron chi connectivity index (χ2n) is 4.99. The molecule has 1 saturated carbocycles. The Kier molecular flexibility index (Phi) is 5.13. The van der Waals surface area contributed by atoms with Crippen LogP contribution in [0.2, 0.25) is 0 Å². The number of hydrogen-bond donors (Lipinski definition) is 0. The first-order valence-corrected chi connectivity index (χ1v) is 6.34. The summed E-state index contributed by atoms with van der Waals surface area (Å²) in [6, 6.07) is 0. The average Bonchev–Trinajstić information content (AvgIpc) is 2.18. The molecule has 0 atom stereocenters. The van der Waals surface area contributed by atoms with Crippen molar-refractivity contribution in [2.24, 2.45) is 11.8 Å². The van der Waals surface area contributed by atoms with Crippen LogP contribution in [0.3, 0.4) is 0 Å². The van der Waals surface area contributed by atoms with Crippen molar-refractivity contribution >= 4 is 5.97 Å². The predicted octanol–water partition coefficient (Wildman–Crippen LogP) is 3.54. The minimum Gasteiger partial charge on any atom is -0.463 e. The molecule has 1 aliphatic carbocycles. The summed E-state index contributed by atoms with van der Waals surface area (Å²) in [5, 5.41) is 0. The second kappa shape index (κ2) is 6.14. The first-order valence-electron chi connectivity index (χ1n) is 6.34. The lowest BCUT2D eigenvalue weighted by Crippen LogP contribution is -2.25. The Morgan fingerprint density at radius 1 is 1.27 bits per heavy atom. The fourth-order valence-electron chi connectivity index (χ4n) is 2.42. The Balaban J connectivity index is 2.27. The molecule has 1 aliphatic rings. The van der Waals surface area contributed by atoms with Gasteiger partial charge in [0.2, 0.25) is 0 Å². The van der Waals surface area contributed by atoms with Crippen LogP contribution in [-0.2, 0) is 9.53 Å². The van der Waals surface area contributed by atoms with Crippen molar-refractivity contribution in [3.05, 3.63) is 0 Å². The molecule has 2 heteroatoms. The third kappa shape index (κ3) is 4.23. The van der Waals surface area contributed by atoms with E-state index in [9.17, 15) is 4.79 Å². The predicted molar refractivity (Wildman–Crippen MR) is 61.6 cm³/mol. The Bertz CT molecular complexity index is 191. The summed E-state index contributed by atoms with van der Waals surface area (Å²) in [7, 11) is 0. The first kappa shape index (κ1) is 12.5. The minimum atomic E-state index is 0.0277. The van der Waals surface area contributed by atoms with Crippen LogP contribution in [0, 0.1) is 11.8 Å². The van der Waals surface area contributed by atoms with E-state index in [-0.39, 0.29) is 18.0 Å². The van der Waals surface area contributed by atoms with Crippen LogP contribution in [-0.4, -0.2) is 12.1 Å². The lowest BCUT2D eigenvalue weighted by Gasteiger charge is -2.27. The lowest BCUT2D eigenvalue weighted by atomic mass is 9.80. The van der Waals surface area contributed by atoms with E-state index in [1.165, 1.54) is 25.7 Å². The van der Waals surface area contributed by atoms with Crippen molar-refractivity contribution in [1.29, 1.82) is 0 Å². The molecule has 1 fully saturated rings. The fraction of sp³-hybridized carbons (Fsp3) is 0.923. The molecule has 0 radical (unpaired) electrons. The summed E-state index contributed by atoms with van der Waals surface area (Å²) in [5.41, 5.74) is 0. The van der Waals surface area contributed by atoms with E-state index >= 15 is 0 Å². The molecule has 0 bridgehead atoms. The second-order valence-corrected chi connectivity index (χ2v) is 4.99. The summed E-state index contributed by atoms with van der Waals surface area (Å²) < 4.78 is 5.25. The maximum atomic E-state index is 11.7. The van der Waals surface area contributed by atoms with Crippen molar-refractivity contribution in [2.75, 3.05) is 0 Å². The van der Waals surface area contributed by atoms with E-state index in [1.54, 1.807) is 0 Å². The van der Waals surface area contributed by atoms with Crippen LogP contribution < -0.4 is 0 Å². The molecule has 0 amide bonds. The molecule has 0 aromatic heterocycles. The zero-order valence-corrected chi connectivity index (χ0v) is 10.3. The zero-order valence-electron chi connectivity index (χ0n) is 10.3. The summed E-state index contributed by atoms with van der Waals surface area (Å²) >= 11 is 0. The van der Waals surface area contributed by atoms with E-state index < -0.39 is 0 Å². The summed E-state index contributed by atoms with van der Waals surface area (Å²) in [4.78, 5) is 11.7. The number of esters is 1. The highest BCUT2D eigenvalue weighted by Crippen LogP contribution is 2.32. The molecule has 15 heavy (non-hydrogen) atoms. The third-order valence-corrected chi connectivity index (χ3v) is 3.23. The largest absolute Gasteiger partial charge is 0.463 e. The molecule has 0 aromatic rings. The molecule has 0 aliphatic heterocycles. The van der Waals surface area contributed by atoms with Crippen LogP contribution in [0.4, 0.5) is 0 Å². The van der Waals surface area contributed by atoms with Crippen molar-refractivity contribution in [1.82, 2.24) is 0 Å². The van der Waals surface area contributed by atoms with E-state index in [0.717, 1.165) is 18.8 Å². The van der Waals surface area contributed by atoms with Crippen molar-refractivity contribution < 1.29 is 9.53 Å². The van der Waals surface area contributed by atoms with Gasteiger partial charge in [0.15, 0.2) is 0 Å². The van der Waals surface area contributed by atoms with Crippen LogP contribution in [0.5, 0.6) is 0 Å². The molecule has 2 nitrogen and oxygen atoms in total. The van der Waals surface area contributed by atoms with E-state index in [0.29, 0.717) is 0 Å². The van der Waals surface area contributed by atoms with Gasteiger partial charge < -0.3 is 4.74 Å². The maximum absolute atomic E-state index is 11.7. The van der Waals surface area contributed by atoms with Crippen LogP contribution >= 0.6 is 0 Å². The molecule has 0 aromatic carbocycles. The van der Waals surface area contributed by atoms with Gasteiger partial charge in [-0.1, -0.05) is 19.8 Å². The third-order valence-electron chi connectivity index (χ3n) is 3.23.